The summed E-state index contributed by atoms with van der Waals surface area (Å²) < 4.78 is 82.8. The fourth-order valence-corrected chi connectivity index (χ4v) is 1.97. The van der Waals surface area contributed by atoms with Crippen molar-refractivity contribution in [2.75, 3.05) is 0 Å². The zero-order valence-corrected chi connectivity index (χ0v) is 12.1. The fraction of sp³-hybridized carbons (Fsp3) is 0.200. The second-order valence-corrected chi connectivity index (χ2v) is 4.81. The van der Waals surface area contributed by atoms with Gasteiger partial charge in [0.05, 0.1) is 5.56 Å². The quantitative estimate of drug-likeness (QED) is 0.816. The minimum Gasteiger partial charge on any atom is -0.478 e. The van der Waals surface area contributed by atoms with Gasteiger partial charge in [0.15, 0.2) is 5.69 Å². The molecule has 1 N–H and O–H groups in total. The highest BCUT2D eigenvalue weighted by Crippen LogP contribution is 2.40. The minimum absolute atomic E-state index is 0.141. The van der Waals surface area contributed by atoms with Crippen molar-refractivity contribution >= 4 is 5.97 Å². The smallest absolute Gasteiger partial charge is 0.434 e. The van der Waals surface area contributed by atoms with E-state index in [2.05, 4.69) is 4.98 Å². The number of benzene rings is 1. The van der Waals surface area contributed by atoms with Gasteiger partial charge in [0, 0.05) is 6.07 Å². The Morgan fingerprint density at radius 3 is 2.12 bits per heavy atom. The van der Waals surface area contributed by atoms with E-state index in [1.807, 2.05) is 0 Å². The number of alkyl halides is 6. The number of carboxylic acids is 1. The molecule has 0 unspecified atom stereocenters. The number of aromatic carboxylic acids is 1. The molecular weight excluding hydrogens is 356 g/mol. The zero-order valence-electron chi connectivity index (χ0n) is 12.1. The van der Waals surface area contributed by atoms with E-state index in [1.165, 1.54) is 0 Å². The van der Waals surface area contributed by atoms with Gasteiger partial charge in [-0.05, 0) is 5.56 Å². The summed E-state index contributed by atoms with van der Waals surface area (Å²) in [5.41, 5.74) is -5.64. The molecule has 0 saturated heterocycles. The van der Waals surface area contributed by atoms with Crippen LogP contribution in [0.3, 0.4) is 0 Å². The maximum absolute atomic E-state index is 13.0. The molecule has 134 valence electrons. The number of hydrogen-bond donors (Lipinski definition) is 1. The van der Waals surface area contributed by atoms with E-state index >= 15 is 0 Å². The molecule has 4 nitrogen and oxygen atoms in total. The maximum atomic E-state index is 13.0. The van der Waals surface area contributed by atoms with Crippen molar-refractivity contribution in [2.24, 2.45) is 0 Å². The summed E-state index contributed by atoms with van der Waals surface area (Å²) in [4.78, 5) is 13.9. The van der Waals surface area contributed by atoms with E-state index in [0.29, 0.717) is 5.56 Å². The molecule has 2 aromatic rings. The van der Waals surface area contributed by atoms with Crippen molar-refractivity contribution in [3.63, 3.8) is 0 Å². The Kier molecular flexibility index (Phi) is 4.91. The molecule has 0 radical (unpaired) electrons. The lowest BCUT2D eigenvalue weighted by molar-refractivity contribution is -0.146. The Morgan fingerprint density at radius 1 is 1.04 bits per heavy atom. The van der Waals surface area contributed by atoms with Crippen LogP contribution in [0.4, 0.5) is 26.3 Å². The van der Waals surface area contributed by atoms with Gasteiger partial charge in [-0.25, -0.2) is 9.78 Å². The molecule has 0 saturated carbocycles. The van der Waals surface area contributed by atoms with E-state index in [1.54, 1.807) is 30.3 Å². The van der Waals surface area contributed by atoms with E-state index in [0.717, 1.165) is 0 Å². The number of nitrogens with zero attached hydrogens (tertiary/aromatic N) is 1. The number of carboxylic acid groups (broad SMARTS) is 1. The third-order valence-corrected chi connectivity index (χ3v) is 3.01. The van der Waals surface area contributed by atoms with Crippen molar-refractivity contribution in [1.29, 1.82) is 0 Å². The van der Waals surface area contributed by atoms with Gasteiger partial charge < -0.3 is 9.84 Å². The summed E-state index contributed by atoms with van der Waals surface area (Å²) in [6, 6.07) is 8.08. The van der Waals surface area contributed by atoms with Crippen LogP contribution in [-0.4, -0.2) is 16.1 Å². The molecule has 1 heterocycles. The van der Waals surface area contributed by atoms with Crippen molar-refractivity contribution in [3.05, 3.63) is 58.8 Å². The molecule has 25 heavy (non-hydrogen) atoms. The van der Waals surface area contributed by atoms with Crippen LogP contribution in [-0.2, 0) is 19.0 Å². The van der Waals surface area contributed by atoms with Gasteiger partial charge in [0.2, 0.25) is 5.88 Å². The monoisotopic (exact) mass is 365 g/mol. The van der Waals surface area contributed by atoms with Crippen molar-refractivity contribution in [3.8, 4) is 5.88 Å². The van der Waals surface area contributed by atoms with Crippen LogP contribution in [0.5, 0.6) is 5.88 Å². The van der Waals surface area contributed by atoms with E-state index < -0.39 is 41.0 Å². The molecule has 0 aliphatic carbocycles. The summed E-state index contributed by atoms with van der Waals surface area (Å²) in [6.45, 7) is -0.338. The van der Waals surface area contributed by atoms with Crippen LogP contribution < -0.4 is 4.74 Å². The second-order valence-electron chi connectivity index (χ2n) is 4.81. The van der Waals surface area contributed by atoms with Crippen molar-refractivity contribution in [1.82, 2.24) is 4.98 Å². The normalized spacial score (nSPS) is 12.1. The van der Waals surface area contributed by atoms with Crippen LogP contribution in [0.1, 0.15) is 27.2 Å². The SMILES string of the molecule is O=C(O)c1c(C(F)(F)F)cc(OCc2ccccc2)nc1C(F)(F)F. The summed E-state index contributed by atoms with van der Waals surface area (Å²) in [5, 5.41) is 8.79. The lowest BCUT2D eigenvalue weighted by Crippen LogP contribution is -2.22. The van der Waals surface area contributed by atoms with Gasteiger partial charge in [0.1, 0.15) is 12.2 Å². The van der Waals surface area contributed by atoms with Gasteiger partial charge in [-0.2, -0.15) is 26.3 Å². The molecule has 1 aromatic carbocycles. The Bertz CT molecular complexity index is 736. The van der Waals surface area contributed by atoms with E-state index in [4.69, 9.17) is 9.84 Å². The predicted octanol–water partition coefficient (Wildman–Crippen LogP) is 4.40. The molecule has 0 aliphatic rings. The first kappa shape index (κ1) is 18.6. The first-order valence-electron chi connectivity index (χ1n) is 6.59. The third-order valence-electron chi connectivity index (χ3n) is 3.01. The lowest BCUT2D eigenvalue weighted by atomic mass is 10.1. The van der Waals surface area contributed by atoms with Gasteiger partial charge in [-0.15, -0.1) is 0 Å². The zero-order chi connectivity index (χ0) is 18.8. The van der Waals surface area contributed by atoms with Gasteiger partial charge in [0.25, 0.3) is 0 Å². The standard InChI is InChI=1S/C15H9F6NO3/c16-14(17,18)9-6-10(25-7-8-4-2-1-3-5-8)22-12(15(19,20)21)11(9)13(23)24/h1-6H,7H2,(H,23,24). The molecule has 0 atom stereocenters. The Morgan fingerprint density at radius 2 is 1.64 bits per heavy atom. The Labute approximate surface area is 136 Å². The lowest BCUT2D eigenvalue weighted by Gasteiger charge is -2.17. The van der Waals surface area contributed by atoms with Crippen LogP contribution in [0, 0.1) is 0 Å². The highest BCUT2D eigenvalue weighted by molar-refractivity contribution is 5.91. The molecule has 0 amide bonds. The number of ether oxygens (including phenoxy) is 1. The summed E-state index contributed by atoms with van der Waals surface area (Å²) in [5.74, 6) is -3.37. The third kappa shape index (κ3) is 4.40. The summed E-state index contributed by atoms with van der Waals surface area (Å²) >= 11 is 0. The molecule has 0 spiro atoms. The topological polar surface area (TPSA) is 59.4 Å². The Hall–Kier alpha value is -2.78. The fourth-order valence-electron chi connectivity index (χ4n) is 1.97. The molecule has 2 rings (SSSR count). The molecule has 0 aliphatic heterocycles. The number of rotatable bonds is 4. The molecular formula is C15H9F6NO3. The van der Waals surface area contributed by atoms with Crippen molar-refractivity contribution < 1.29 is 41.0 Å². The summed E-state index contributed by atoms with van der Waals surface area (Å²) in [7, 11) is 0. The predicted molar refractivity (Wildman–Crippen MR) is 72.0 cm³/mol. The van der Waals surface area contributed by atoms with Crippen LogP contribution in [0.25, 0.3) is 0 Å². The highest BCUT2D eigenvalue weighted by atomic mass is 19.4. The van der Waals surface area contributed by atoms with Gasteiger partial charge >= 0.3 is 18.3 Å². The van der Waals surface area contributed by atoms with Gasteiger partial charge in [-0.3, -0.25) is 0 Å². The van der Waals surface area contributed by atoms with Gasteiger partial charge in [-0.1, -0.05) is 30.3 Å². The minimum atomic E-state index is -5.40. The van der Waals surface area contributed by atoms with E-state index in [-0.39, 0.29) is 12.7 Å². The number of carbonyl (C=O) groups is 1. The highest BCUT2D eigenvalue weighted by Gasteiger charge is 2.45. The number of hydrogen-bond acceptors (Lipinski definition) is 3. The molecule has 0 fully saturated rings. The van der Waals surface area contributed by atoms with Crippen LogP contribution in [0.2, 0.25) is 0 Å². The van der Waals surface area contributed by atoms with Crippen LogP contribution >= 0.6 is 0 Å². The Balaban J connectivity index is 2.53. The maximum Gasteiger partial charge on any atom is 0.434 e. The largest absolute Gasteiger partial charge is 0.478 e. The number of pyridine rings is 1. The van der Waals surface area contributed by atoms with Crippen LogP contribution in [0.15, 0.2) is 36.4 Å². The van der Waals surface area contributed by atoms with E-state index in [9.17, 15) is 31.1 Å². The molecule has 1 aromatic heterocycles. The van der Waals surface area contributed by atoms with Crippen molar-refractivity contribution in [2.45, 2.75) is 19.0 Å². The molecule has 10 heteroatoms. The first-order valence-corrected chi connectivity index (χ1v) is 6.59. The molecule has 0 bridgehead atoms. The number of halogens is 6. The number of aromatic nitrogens is 1. The average Bonchev–Trinajstić information content (AvgIpc) is 2.51. The summed E-state index contributed by atoms with van der Waals surface area (Å²) in [6.07, 6.45) is -10.7. The first-order chi connectivity index (χ1) is 11.5. The average molecular weight is 365 g/mol. The second kappa shape index (κ2) is 6.61.